The summed E-state index contributed by atoms with van der Waals surface area (Å²) in [7, 11) is 0. The first kappa shape index (κ1) is 10.5. The molecule has 1 aromatic carbocycles. The molecule has 3 nitrogen and oxygen atoms in total. The van der Waals surface area contributed by atoms with Gasteiger partial charge in [0.1, 0.15) is 0 Å². The summed E-state index contributed by atoms with van der Waals surface area (Å²) in [5, 5.41) is 3.27. The van der Waals surface area contributed by atoms with Gasteiger partial charge in [-0.2, -0.15) is 0 Å². The van der Waals surface area contributed by atoms with Crippen molar-refractivity contribution < 1.29 is 4.79 Å². The molecule has 0 bridgehead atoms. The highest BCUT2D eigenvalue weighted by Crippen LogP contribution is 2.31. The molecule has 4 heteroatoms. The summed E-state index contributed by atoms with van der Waals surface area (Å²) < 4.78 is 1.03. The van der Waals surface area contributed by atoms with Crippen molar-refractivity contribution in [1.29, 1.82) is 0 Å². The number of nitrogens with zero attached hydrogens (tertiary/aromatic N) is 1. The molecule has 80 valence electrons. The average molecular weight is 269 g/mol. The fourth-order valence-electron chi connectivity index (χ4n) is 1.81. The highest BCUT2D eigenvalue weighted by Gasteiger charge is 2.20. The van der Waals surface area contributed by atoms with Crippen molar-refractivity contribution in [2.24, 2.45) is 0 Å². The molecule has 1 N–H and O–H groups in total. The van der Waals surface area contributed by atoms with Crippen LogP contribution in [0.5, 0.6) is 0 Å². The maximum absolute atomic E-state index is 11.8. The van der Waals surface area contributed by atoms with Gasteiger partial charge in [-0.3, -0.25) is 4.79 Å². The molecule has 0 aliphatic carbocycles. The Morgan fingerprint density at radius 1 is 1.53 bits per heavy atom. The van der Waals surface area contributed by atoms with Crippen LogP contribution < -0.4 is 10.2 Å². The first-order valence-electron chi connectivity index (χ1n) is 5.06. The van der Waals surface area contributed by atoms with E-state index in [1.54, 1.807) is 0 Å². The van der Waals surface area contributed by atoms with Crippen molar-refractivity contribution in [3.8, 4) is 0 Å². The lowest BCUT2D eigenvalue weighted by atomic mass is 10.2. The van der Waals surface area contributed by atoms with E-state index >= 15 is 0 Å². The van der Waals surface area contributed by atoms with E-state index in [0.29, 0.717) is 13.0 Å². The standard InChI is InChI=1S/C11H13BrN2O/c1-2-14-10-4-3-8(12)7-9(10)13-6-5-11(14)15/h3-4,7,13H,2,5-6H2,1H3. The molecule has 0 unspecified atom stereocenters. The second-order valence-electron chi connectivity index (χ2n) is 3.48. The van der Waals surface area contributed by atoms with Crippen molar-refractivity contribution in [1.82, 2.24) is 0 Å². The minimum absolute atomic E-state index is 0.186. The molecule has 1 aromatic rings. The topological polar surface area (TPSA) is 32.3 Å². The van der Waals surface area contributed by atoms with Gasteiger partial charge in [0.25, 0.3) is 0 Å². The minimum Gasteiger partial charge on any atom is -0.383 e. The third-order valence-corrected chi connectivity index (χ3v) is 3.01. The van der Waals surface area contributed by atoms with Crippen molar-refractivity contribution in [2.75, 3.05) is 23.3 Å². The van der Waals surface area contributed by atoms with Gasteiger partial charge in [0.05, 0.1) is 11.4 Å². The molecule has 1 heterocycles. The van der Waals surface area contributed by atoms with E-state index in [4.69, 9.17) is 0 Å². The van der Waals surface area contributed by atoms with Crippen LogP contribution in [0.15, 0.2) is 22.7 Å². The summed E-state index contributed by atoms with van der Waals surface area (Å²) >= 11 is 3.43. The molecule has 0 atom stereocenters. The summed E-state index contributed by atoms with van der Waals surface area (Å²) in [5.74, 6) is 0.186. The van der Waals surface area contributed by atoms with Crippen LogP contribution in [0.3, 0.4) is 0 Å². The van der Waals surface area contributed by atoms with Crippen LogP contribution in [-0.4, -0.2) is 19.0 Å². The Labute approximate surface area is 97.6 Å². The maximum Gasteiger partial charge on any atom is 0.228 e. The lowest BCUT2D eigenvalue weighted by molar-refractivity contribution is -0.118. The molecular formula is C11H13BrN2O. The number of hydrogen-bond donors (Lipinski definition) is 1. The highest BCUT2D eigenvalue weighted by atomic mass is 79.9. The van der Waals surface area contributed by atoms with E-state index in [2.05, 4.69) is 21.2 Å². The number of benzene rings is 1. The summed E-state index contributed by atoms with van der Waals surface area (Å²) in [6.45, 7) is 3.42. The van der Waals surface area contributed by atoms with Crippen molar-refractivity contribution in [2.45, 2.75) is 13.3 Å². The predicted octanol–water partition coefficient (Wildman–Crippen LogP) is 2.62. The lowest BCUT2D eigenvalue weighted by Gasteiger charge is -2.20. The van der Waals surface area contributed by atoms with Crippen molar-refractivity contribution in [3.05, 3.63) is 22.7 Å². The molecule has 0 radical (unpaired) electrons. The van der Waals surface area contributed by atoms with Crippen LogP contribution in [0, 0.1) is 0 Å². The maximum atomic E-state index is 11.8. The molecule has 2 rings (SSSR count). The number of halogens is 1. The van der Waals surface area contributed by atoms with Gasteiger partial charge in [-0.05, 0) is 25.1 Å². The average Bonchev–Trinajstić information content (AvgIpc) is 2.36. The number of amides is 1. The van der Waals surface area contributed by atoms with E-state index in [1.165, 1.54) is 0 Å². The molecule has 0 aromatic heterocycles. The molecule has 0 fully saturated rings. The van der Waals surface area contributed by atoms with E-state index in [0.717, 1.165) is 22.4 Å². The van der Waals surface area contributed by atoms with Crippen LogP contribution in [0.4, 0.5) is 11.4 Å². The molecule has 0 saturated heterocycles. The number of nitrogens with one attached hydrogen (secondary N) is 1. The van der Waals surface area contributed by atoms with Crippen molar-refractivity contribution in [3.63, 3.8) is 0 Å². The fraction of sp³-hybridized carbons (Fsp3) is 0.364. The number of rotatable bonds is 1. The van der Waals surface area contributed by atoms with Gasteiger partial charge in [0, 0.05) is 24.0 Å². The van der Waals surface area contributed by atoms with E-state index in [-0.39, 0.29) is 5.91 Å². The minimum atomic E-state index is 0.186. The van der Waals surface area contributed by atoms with Gasteiger partial charge in [0.15, 0.2) is 0 Å². The quantitative estimate of drug-likeness (QED) is 0.850. The van der Waals surface area contributed by atoms with Crippen LogP contribution in [0.25, 0.3) is 0 Å². The normalized spacial score (nSPS) is 15.6. The number of hydrogen-bond acceptors (Lipinski definition) is 2. The molecule has 1 aliphatic heterocycles. The lowest BCUT2D eigenvalue weighted by Crippen LogP contribution is -2.29. The second-order valence-corrected chi connectivity index (χ2v) is 4.39. The first-order chi connectivity index (χ1) is 7.22. The largest absolute Gasteiger partial charge is 0.383 e. The number of anilines is 2. The van der Waals surface area contributed by atoms with Crippen molar-refractivity contribution >= 4 is 33.2 Å². The monoisotopic (exact) mass is 268 g/mol. The summed E-state index contributed by atoms with van der Waals surface area (Å²) in [6, 6.07) is 5.94. The zero-order valence-electron chi connectivity index (χ0n) is 8.59. The van der Waals surface area contributed by atoms with Gasteiger partial charge < -0.3 is 10.2 Å². The fourth-order valence-corrected chi connectivity index (χ4v) is 2.17. The van der Waals surface area contributed by atoms with Gasteiger partial charge in [-0.25, -0.2) is 0 Å². The Bertz CT molecular complexity index is 392. The number of carbonyl (C=O) groups excluding carboxylic acids is 1. The zero-order valence-corrected chi connectivity index (χ0v) is 10.2. The Balaban J connectivity index is 2.47. The molecular weight excluding hydrogens is 256 g/mol. The summed E-state index contributed by atoms with van der Waals surface area (Å²) in [4.78, 5) is 13.6. The summed E-state index contributed by atoms with van der Waals surface area (Å²) in [6.07, 6.45) is 0.556. The van der Waals surface area contributed by atoms with Gasteiger partial charge in [-0.1, -0.05) is 15.9 Å². The van der Waals surface area contributed by atoms with Crippen LogP contribution in [0.2, 0.25) is 0 Å². The third-order valence-electron chi connectivity index (χ3n) is 2.52. The molecule has 0 spiro atoms. The summed E-state index contributed by atoms with van der Waals surface area (Å²) in [5.41, 5.74) is 2.00. The second kappa shape index (κ2) is 4.23. The first-order valence-corrected chi connectivity index (χ1v) is 5.85. The number of fused-ring (bicyclic) bond motifs is 1. The third kappa shape index (κ3) is 2.00. The van der Waals surface area contributed by atoms with Gasteiger partial charge in [0.2, 0.25) is 5.91 Å². The van der Waals surface area contributed by atoms with E-state index in [9.17, 15) is 4.79 Å². The SMILES string of the molecule is CCN1C(=O)CCNc2cc(Br)ccc21. The van der Waals surface area contributed by atoms with Crippen LogP contribution >= 0.6 is 15.9 Å². The molecule has 15 heavy (non-hydrogen) atoms. The smallest absolute Gasteiger partial charge is 0.228 e. The Kier molecular flexibility index (Phi) is 2.95. The Morgan fingerprint density at radius 2 is 2.33 bits per heavy atom. The Morgan fingerprint density at radius 3 is 3.07 bits per heavy atom. The van der Waals surface area contributed by atoms with Crippen LogP contribution in [0.1, 0.15) is 13.3 Å². The van der Waals surface area contributed by atoms with Gasteiger partial charge >= 0.3 is 0 Å². The van der Waals surface area contributed by atoms with Gasteiger partial charge in [-0.15, -0.1) is 0 Å². The Hall–Kier alpha value is -1.03. The predicted molar refractivity (Wildman–Crippen MR) is 65.3 cm³/mol. The molecule has 0 saturated carbocycles. The highest BCUT2D eigenvalue weighted by molar-refractivity contribution is 9.10. The van der Waals surface area contributed by atoms with E-state index < -0.39 is 0 Å². The van der Waals surface area contributed by atoms with E-state index in [1.807, 2.05) is 30.0 Å². The molecule has 1 aliphatic rings. The molecule has 1 amide bonds. The zero-order chi connectivity index (χ0) is 10.8. The number of carbonyl (C=O) groups is 1. The van der Waals surface area contributed by atoms with Crippen LogP contribution in [-0.2, 0) is 4.79 Å².